The first-order chi connectivity index (χ1) is 11.0. The van der Waals surface area contributed by atoms with Gasteiger partial charge in [-0.15, -0.1) is 0 Å². The van der Waals surface area contributed by atoms with Gasteiger partial charge in [0.15, 0.2) is 0 Å². The van der Waals surface area contributed by atoms with Gasteiger partial charge in [0.25, 0.3) is 0 Å². The summed E-state index contributed by atoms with van der Waals surface area (Å²) in [5, 5.41) is 3.08. The maximum atomic E-state index is 5.39. The van der Waals surface area contributed by atoms with Crippen LogP contribution in [0.4, 0.5) is 0 Å². The minimum atomic E-state index is 0.522. The quantitative estimate of drug-likeness (QED) is 0.610. The first-order valence-electron chi connectivity index (χ1n) is 7.80. The molecule has 128 valence electrons. The molecule has 0 saturated carbocycles. The number of aliphatic imine (C=N–C) groups is 1. The fourth-order valence-corrected chi connectivity index (χ4v) is 1.75. The Balaban J connectivity index is 0.00000232. The number of nitrogens with zero attached hydrogens (tertiary/aromatic N) is 1. The number of hydrogen-bond acceptors (Lipinski definition) is 3. The number of amidine groups is 1. The van der Waals surface area contributed by atoms with E-state index in [2.05, 4.69) is 30.7 Å². The number of methoxy groups -OCH3 is 2. The van der Waals surface area contributed by atoms with Gasteiger partial charge >= 0.3 is 0 Å². The van der Waals surface area contributed by atoms with Crippen LogP contribution in [0.5, 0.6) is 11.5 Å². The van der Waals surface area contributed by atoms with Gasteiger partial charge in [-0.05, 0) is 44.7 Å². The largest absolute Gasteiger partial charge is 0.497 e. The van der Waals surface area contributed by atoms with E-state index in [0.717, 1.165) is 28.5 Å². The van der Waals surface area contributed by atoms with Gasteiger partial charge in [0.05, 0.1) is 20.8 Å². The molecule has 0 saturated heterocycles. The van der Waals surface area contributed by atoms with Crippen molar-refractivity contribution in [2.45, 2.75) is 41.2 Å². The normalized spacial score (nSPS) is 10.1. The lowest BCUT2D eigenvalue weighted by Crippen LogP contribution is -2.19. The van der Waals surface area contributed by atoms with Gasteiger partial charge in [-0.1, -0.05) is 26.0 Å². The topological polar surface area (TPSA) is 42.9 Å². The second-order valence-electron chi connectivity index (χ2n) is 4.82. The summed E-state index contributed by atoms with van der Waals surface area (Å²) < 4.78 is 10.6. The van der Waals surface area contributed by atoms with E-state index in [-0.39, 0.29) is 0 Å². The maximum absolute atomic E-state index is 5.39. The molecule has 1 rings (SSSR count). The zero-order chi connectivity index (χ0) is 17.8. The molecule has 0 aliphatic rings. The Morgan fingerprint density at radius 2 is 1.83 bits per heavy atom. The van der Waals surface area contributed by atoms with E-state index in [1.54, 1.807) is 20.4 Å². The fourth-order valence-electron chi connectivity index (χ4n) is 1.75. The number of ether oxygens (including phenoxy) is 2. The third kappa shape index (κ3) is 6.59. The Kier molecular flexibility index (Phi) is 10.3. The number of hydrogen-bond donors (Lipinski definition) is 1. The number of benzene rings is 1. The molecule has 1 N–H and O–H groups in total. The molecule has 0 aliphatic carbocycles. The van der Waals surface area contributed by atoms with Crippen LogP contribution in [0.3, 0.4) is 0 Å². The molecule has 0 radical (unpaired) electrons. The van der Waals surface area contributed by atoms with Gasteiger partial charge < -0.3 is 14.8 Å². The van der Waals surface area contributed by atoms with Crippen molar-refractivity contribution in [1.82, 2.24) is 5.32 Å². The summed E-state index contributed by atoms with van der Waals surface area (Å²) in [6, 6.07) is 5.73. The summed E-state index contributed by atoms with van der Waals surface area (Å²) >= 11 is 0. The Hall–Kier alpha value is -2.23. The summed E-state index contributed by atoms with van der Waals surface area (Å²) in [6.07, 6.45) is 1.64. The van der Waals surface area contributed by atoms with Gasteiger partial charge in [-0.2, -0.15) is 0 Å². The van der Waals surface area contributed by atoms with Crippen molar-refractivity contribution in [3.05, 3.63) is 47.7 Å². The van der Waals surface area contributed by atoms with E-state index in [9.17, 15) is 0 Å². The third-order valence-corrected chi connectivity index (χ3v) is 3.25. The average Bonchev–Trinajstić information content (AvgIpc) is 2.59. The Morgan fingerprint density at radius 1 is 1.17 bits per heavy atom. The first kappa shape index (κ1) is 20.8. The zero-order valence-electron chi connectivity index (χ0n) is 15.5. The van der Waals surface area contributed by atoms with Crippen LogP contribution in [-0.2, 0) is 6.54 Å². The van der Waals surface area contributed by atoms with E-state index >= 15 is 0 Å². The smallest absolute Gasteiger partial charge is 0.128 e. The van der Waals surface area contributed by atoms with Crippen LogP contribution in [0.1, 0.15) is 40.2 Å². The van der Waals surface area contributed by atoms with Crippen LogP contribution >= 0.6 is 0 Å². The molecular formula is C19H30N2O2. The molecule has 0 spiro atoms. The minimum absolute atomic E-state index is 0.522. The average molecular weight is 318 g/mol. The van der Waals surface area contributed by atoms with E-state index in [1.165, 1.54) is 5.57 Å². The number of rotatable bonds is 6. The highest BCUT2D eigenvalue weighted by Crippen LogP contribution is 2.25. The first-order valence-corrected chi connectivity index (χ1v) is 7.80. The second kappa shape index (κ2) is 11.4. The molecule has 4 heteroatoms. The Morgan fingerprint density at radius 3 is 2.30 bits per heavy atom. The van der Waals surface area contributed by atoms with E-state index < -0.39 is 0 Å². The van der Waals surface area contributed by atoms with Crippen LogP contribution < -0.4 is 14.8 Å². The van der Waals surface area contributed by atoms with Crippen LogP contribution in [-0.4, -0.2) is 20.1 Å². The minimum Gasteiger partial charge on any atom is -0.497 e. The number of nitrogens with one attached hydrogen (secondary N) is 1. The van der Waals surface area contributed by atoms with E-state index in [4.69, 9.17) is 9.47 Å². The molecule has 1 aromatic carbocycles. The molecule has 1 aromatic rings. The molecule has 0 fully saturated rings. The predicted molar refractivity (Wildman–Crippen MR) is 99.4 cm³/mol. The fraction of sp³-hybridized carbons (Fsp3) is 0.421. The SMILES string of the molecule is C=CNC(=NCc1ccc(OC)cc1OC)C(C)=C(C)C.CC. The summed E-state index contributed by atoms with van der Waals surface area (Å²) in [5.41, 5.74) is 3.33. The van der Waals surface area contributed by atoms with Crippen LogP contribution in [0.2, 0.25) is 0 Å². The molecular weight excluding hydrogens is 288 g/mol. The lowest BCUT2D eigenvalue weighted by molar-refractivity contribution is 0.391. The van der Waals surface area contributed by atoms with Gasteiger partial charge in [0, 0.05) is 11.6 Å². The van der Waals surface area contributed by atoms with Gasteiger partial charge in [-0.3, -0.25) is 4.99 Å². The molecule has 23 heavy (non-hydrogen) atoms. The summed E-state index contributed by atoms with van der Waals surface area (Å²) in [5.74, 6) is 2.36. The van der Waals surface area contributed by atoms with Crippen LogP contribution in [0.15, 0.2) is 47.1 Å². The third-order valence-electron chi connectivity index (χ3n) is 3.25. The zero-order valence-corrected chi connectivity index (χ0v) is 15.5. The summed E-state index contributed by atoms with van der Waals surface area (Å²) in [6.45, 7) is 14.4. The van der Waals surface area contributed by atoms with Crippen molar-refractivity contribution in [3.63, 3.8) is 0 Å². The molecule has 4 nitrogen and oxygen atoms in total. The van der Waals surface area contributed by atoms with Crippen LogP contribution in [0, 0.1) is 0 Å². The van der Waals surface area contributed by atoms with Gasteiger partial charge in [0.2, 0.25) is 0 Å². The van der Waals surface area contributed by atoms with Crippen molar-refractivity contribution < 1.29 is 9.47 Å². The second-order valence-corrected chi connectivity index (χ2v) is 4.82. The van der Waals surface area contributed by atoms with E-state index in [0.29, 0.717) is 6.54 Å². The standard InChI is InChI=1S/C17H24N2O2.C2H6/c1-7-18-17(13(4)12(2)3)19-11-14-8-9-15(20-5)10-16(14)21-6;1-2/h7-10H,1,11H2,2-6H3,(H,18,19);1-2H3. The van der Waals surface area contributed by atoms with Gasteiger partial charge in [-0.25, -0.2) is 0 Å². The van der Waals surface area contributed by atoms with Crippen molar-refractivity contribution in [2.75, 3.05) is 14.2 Å². The lowest BCUT2D eigenvalue weighted by Gasteiger charge is -2.11. The molecule has 0 atom stereocenters. The number of allylic oxidation sites excluding steroid dienone is 1. The molecule has 0 amide bonds. The molecule has 0 aliphatic heterocycles. The molecule has 0 heterocycles. The predicted octanol–water partition coefficient (Wildman–Crippen LogP) is 4.72. The van der Waals surface area contributed by atoms with Gasteiger partial charge in [0.1, 0.15) is 17.3 Å². The van der Waals surface area contributed by atoms with E-state index in [1.807, 2.05) is 39.0 Å². The maximum Gasteiger partial charge on any atom is 0.128 e. The Bertz CT molecular complexity index is 556. The molecule has 0 aromatic heterocycles. The van der Waals surface area contributed by atoms with Crippen molar-refractivity contribution in [3.8, 4) is 11.5 Å². The van der Waals surface area contributed by atoms with Crippen molar-refractivity contribution in [1.29, 1.82) is 0 Å². The highest BCUT2D eigenvalue weighted by molar-refractivity contribution is 5.98. The molecule has 0 unspecified atom stereocenters. The summed E-state index contributed by atoms with van der Waals surface area (Å²) in [4.78, 5) is 4.62. The van der Waals surface area contributed by atoms with Crippen molar-refractivity contribution >= 4 is 5.84 Å². The molecule has 0 bridgehead atoms. The summed E-state index contributed by atoms with van der Waals surface area (Å²) in [7, 11) is 3.28. The monoisotopic (exact) mass is 318 g/mol. The lowest BCUT2D eigenvalue weighted by atomic mass is 10.1. The highest BCUT2D eigenvalue weighted by Gasteiger charge is 2.06. The van der Waals surface area contributed by atoms with Crippen LogP contribution in [0.25, 0.3) is 0 Å². The Labute approximate surface area is 140 Å². The highest BCUT2D eigenvalue weighted by atomic mass is 16.5. The van der Waals surface area contributed by atoms with Crippen molar-refractivity contribution in [2.24, 2.45) is 4.99 Å².